The third-order valence-electron chi connectivity index (χ3n) is 4.46. The maximum absolute atomic E-state index is 12.1. The van der Waals surface area contributed by atoms with Crippen LogP contribution < -0.4 is 5.32 Å². The Morgan fingerprint density at radius 2 is 1.90 bits per heavy atom. The van der Waals surface area contributed by atoms with Gasteiger partial charge in [-0.05, 0) is 33.2 Å². The minimum Gasteiger partial charge on any atom is -0.389 e. The highest BCUT2D eigenvalue weighted by molar-refractivity contribution is 7.91. The summed E-state index contributed by atoms with van der Waals surface area (Å²) in [6.07, 6.45) is 4.11. The van der Waals surface area contributed by atoms with Crippen LogP contribution in [0.5, 0.6) is 0 Å². The van der Waals surface area contributed by atoms with Crippen LogP contribution in [0.1, 0.15) is 39.0 Å². The molecule has 0 aromatic rings. The summed E-state index contributed by atoms with van der Waals surface area (Å²) in [6, 6.07) is 0. The summed E-state index contributed by atoms with van der Waals surface area (Å²) < 4.78 is 23.1. The zero-order valence-corrected chi connectivity index (χ0v) is 13.7. The van der Waals surface area contributed by atoms with Gasteiger partial charge in [0.1, 0.15) is 0 Å². The zero-order chi connectivity index (χ0) is 15.7. The Morgan fingerprint density at radius 1 is 1.29 bits per heavy atom. The summed E-state index contributed by atoms with van der Waals surface area (Å²) in [7, 11) is -1.22. The smallest absolute Gasteiger partial charge is 0.234 e. The summed E-state index contributed by atoms with van der Waals surface area (Å²) in [5.41, 5.74) is -1.32. The van der Waals surface area contributed by atoms with Crippen LogP contribution in [0.2, 0.25) is 0 Å². The van der Waals surface area contributed by atoms with Crippen molar-refractivity contribution in [3.05, 3.63) is 0 Å². The molecule has 0 spiro atoms. The number of rotatable bonds is 5. The van der Waals surface area contributed by atoms with Gasteiger partial charge < -0.3 is 10.4 Å². The van der Waals surface area contributed by atoms with Crippen molar-refractivity contribution in [3.8, 4) is 0 Å². The molecule has 1 heterocycles. The summed E-state index contributed by atoms with van der Waals surface area (Å²) in [4.78, 5) is 13.9. The van der Waals surface area contributed by atoms with E-state index in [1.165, 1.54) is 0 Å². The lowest BCUT2D eigenvalue weighted by Crippen LogP contribution is -2.51. The van der Waals surface area contributed by atoms with Crippen LogP contribution in [0.3, 0.4) is 0 Å². The molecular formula is C14H26N2O4S. The molecule has 0 radical (unpaired) electrons. The predicted octanol–water partition coefficient (Wildman–Crippen LogP) is -0.0833. The highest BCUT2D eigenvalue weighted by atomic mass is 32.2. The van der Waals surface area contributed by atoms with Crippen molar-refractivity contribution in [2.75, 3.05) is 31.6 Å². The van der Waals surface area contributed by atoms with Crippen LogP contribution in [-0.2, 0) is 14.6 Å². The van der Waals surface area contributed by atoms with Crippen molar-refractivity contribution in [2.45, 2.75) is 50.2 Å². The Labute approximate surface area is 126 Å². The van der Waals surface area contributed by atoms with Crippen molar-refractivity contribution >= 4 is 15.7 Å². The summed E-state index contributed by atoms with van der Waals surface area (Å²) >= 11 is 0. The molecular weight excluding hydrogens is 292 g/mol. The fourth-order valence-corrected chi connectivity index (χ4v) is 5.57. The van der Waals surface area contributed by atoms with E-state index < -0.39 is 21.0 Å². The Bertz CT molecular complexity index is 499. The van der Waals surface area contributed by atoms with E-state index in [0.717, 1.165) is 25.7 Å². The van der Waals surface area contributed by atoms with Crippen molar-refractivity contribution in [1.29, 1.82) is 0 Å². The predicted molar refractivity (Wildman–Crippen MR) is 80.7 cm³/mol. The molecule has 2 rings (SSSR count). The van der Waals surface area contributed by atoms with Crippen LogP contribution in [0.25, 0.3) is 0 Å². The van der Waals surface area contributed by atoms with Gasteiger partial charge in [0.2, 0.25) is 5.91 Å². The number of likely N-dealkylation sites (N-methyl/N-ethyl adjacent to an activating group) is 1. The Kier molecular flexibility index (Phi) is 4.66. The average molecular weight is 318 g/mol. The van der Waals surface area contributed by atoms with Gasteiger partial charge in [-0.3, -0.25) is 9.69 Å². The Balaban J connectivity index is 1.81. The number of hydrogen-bond acceptors (Lipinski definition) is 5. The van der Waals surface area contributed by atoms with Gasteiger partial charge in [-0.15, -0.1) is 0 Å². The molecule has 1 saturated carbocycles. The number of carbonyl (C=O) groups excluding carboxylic acids is 1. The van der Waals surface area contributed by atoms with Crippen LogP contribution in [-0.4, -0.2) is 67.1 Å². The molecule has 1 amide bonds. The normalized spacial score (nSPS) is 30.7. The van der Waals surface area contributed by atoms with E-state index in [0.29, 0.717) is 13.0 Å². The van der Waals surface area contributed by atoms with E-state index in [1.807, 2.05) is 11.9 Å². The quantitative estimate of drug-likeness (QED) is 0.740. The van der Waals surface area contributed by atoms with Crippen molar-refractivity contribution < 1.29 is 18.3 Å². The Morgan fingerprint density at radius 3 is 2.43 bits per heavy atom. The lowest BCUT2D eigenvalue weighted by atomic mass is 10.0. The molecule has 1 saturated heterocycles. The number of nitrogens with one attached hydrogen (secondary N) is 1. The van der Waals surface area contributed by atoms with Crippen molar-refractivity contribution in [3.63, 3.8) is 0 Å². The topological polar surface area (TPSA) is 86.7 Å². The summed E-state index contributed by atoms with van der Waals surface area (Å²) in [6.45, 7) is 2.44. The standard InChI is InChI=1S/C14H26N2O4S/c1-13(7-8-21(19,20)11-13)15-12(17)9-16(2)10-14(18)5-3-4-6-14/h18H,3-11H2,1-2H3,(H,15,17). The van der Waals surface area contributed by atoms with Gasteiger partial charge in [0.05, 0.1) is 29.2 Å². The van der Waals surface area contributed by atoms with Gasteiger partial charge in [-0.25, -0.2) is 8.42 Å². The molecule has 0 bridgehead atoms. The van der Waals surface area contributed by atoms with Gasteiger partial charge in [-0.1, -0.05) is 12.8 Å². The van der Waals surface area contributed by atoms with Gasteiger partial charge >= 0.3 is 0 Å². The van der Waals surface area contributed by atoms with Crippen LogP contribution in [0, 0.1) is 0 Å². The van der Waals surface area contributed by atoms with E-state index in [9.17, 15) is 18.3 Å². The monoisotopic (exact) mass is 318 g/mol. The molecule has 2 fully saturated rings. The molecule has 122 valence electrons. The highest BCUT2D eigenvalue weighted by Gasteiger charge is 2.39. The molecule has 1 aliphatic heterocycles. The van der Waals surface area contributed by atoms with Gasteiger partial charge in [0, 0.05) is 6.54 Å². The van der Waals surface area contributed by atoms with Crippen LogP contribution in [0.4, 0.5) is 0 Å². The second kappa shape index (κ2) is 5.85. The number of aliphatic hydroxyl groups is 1. The molecule has 0 aromatic carbocycles. The number of carbonyl (C=O) groups is 1. The molecule has 1 aliphatic carbocycles. The average Bonchev–Trinajstić information content (AvgIpc) is 2.82. The summed E-state index contributed by atoms with van der Waals surface area (Å²) in [5.74, 6) is -0.0302. The second-order valence-corrected chi connectivity index (χ2v) is 9.24. The van der Waals surface area contributed by atoms with Gasteiger partial charge in [0.25, 0.3) is 0 Å². The van der Waals surface area contributed by atoms with Crippen LogP contribution in [0.15, 0.2) is 0 Å². The third-order valence-corrected chi connectivity index (χ3v) is 6.36. The lowest BCUT2D eigenvalue weighted by Gasteiger charge is -2.30. The minimum atomic E-state index is -3.02. The SMILES string of the molecule is CN(CC(=O)NC1(C)CCS(=O)(=O)C1)CC1(O)CCCC1. The van der Waals surface area contributed by atoms with Gasteiger partial charge in [-0.2, -0.15) is 0 Å². The van der Waals surface area contributed by atoms with Gasteiger partial charge in [0.15, 0.2) is 9.84 Å². The zero-order valence-electron chi connectivity index (χ0n) is 12.9. The molecule has 1 atom stereocenters. The first-order valence-corrected chi connectivity index (χ1v) is 9.36. The first-order valence-electron chi connectivity index (χ1n) is 7.54. The van der Waals surface area contributed by atoms with Crippen LogP contribution >= 0.6 is 0 Å². The molecule has 2 N–H and O–H groups in total. The number of amides is 1. The molecule has 0 aromatic heterocycles. The first-order chi connectivity index (χ1) is 9.62. The first kappa shape index (κ1) is 16.7. The number of nitrogens with zero attached hydrogens (tertiary/aromatic N) is 1. The third kappa shape index (κ3) is 4.66. The fourth-order valence-electron chi connectivity index (χ4n) is 3.48. The van der Waals surface area contributed by atoms with Crippen molar-refractivity contribution in [2.24, 2.45) is 0 Å². The molecule has 1 unspecified atom stereocenters. The van der Waals surface area contributed by atoms with Crippen molar-refractivity contribution in [1.82, 2.24) is 10.2 Å². The largest absolute Gasteiger partial charge is 0.389 e. The minimum absolute atomic E-state index is 0.0133. The fraction of sp³-hybridized carbons (Fsp3) is 0.929. The number of sulfone groups is 1. The maximum Gasteiger partial charge on any atom is 0.234 e. The molecule has 7 heteroatoms. The van der Waals surface area contributed by atoms with E-state index in [2.05, 4.69) is 5.32 Å². The Hall–Kier alpha value is -0.660. The second-order valence-electron chi connectivity index (χ2n) is 7.05. The number of hydrogen-bond donors (Lipinski definition) is 2. The van der Waals surface area contributed by atoms with E-state index in [4.69, 9.17) is 0 Å². The maximum atomic E-state index is 12.1. The molecule has 2 aliphatic rings. The lowest BCUT2D eigenvalue weighted by molar-refractivity contribution is -0.124. The van der Waals surface area contributed by atoms with E-state index >= 15 is 0 Å². The van der Waals surface area contributed by atoms with E-state index in [1.54, 1.807) is 6.92 Å². The molecule has 6 nitrogen and oxygen atoms in total. The van der Waals surface area contributed by atoms with E-state index in [-0.39, 0.29) is 24.0 Å². The highest BCUT2D eigenvalue weighted by Crippen LogP contribution is 2.29. The summed E-state index contributed by atoms with van der Waals surface area (Å²) in [5, 5.41) is 13.2. The molecule has 21 heavy (non-hydrogen) atoms.